The van der Waals surface area contributed by atoms with Crippen LogP contribution in [0.25, 0.3) is 0 Å². The van der Waals surface area contributed by atoms with Crippen LogP contribution in [0.1, 0.15) is 65.7 Å². The molecule has 1 N–H and O–H groups in total. The number of aliphatic carboxylic acids is 1. The molecule has 0 rings (SSSR count). The number of hydrogen-bond acceptors (Lipinski definition) is 1. The number of carboxylic acids is 1. The minimum atomic E-state index is -0.682. The van der Waals surface area contributed by atoms with Gasteiger partial charge in [-0.25, -0.2) is 0 Å². The van der Waals surface area contributed by atoms with E-state index in [2.05, 4.69) is 20.8 Å². The Labute approximate surface area is 105 Å². The monoisotopic (exact) mass is 265 g/mol. The number of carbonyl (C=O) groups is 1. The number of rotatable bonds is 7. The minimum absolute atomic E-state index is 0.327. The molecule has 0 aromatic carbocycles. The molecule has 1 unspecified atom stereocenters. The van der Waals surface area contributed by atoms with Crippen LogP contribution in [0, 0.1) is 0 Å². The summed E-state index contributed by atoms with van der Waals surface area (Å²) in [5.74, 6) is -0.682. The summed E-state index contributed by atoms with van der Waals surface area (Å²) in [6.07, 6.45) is 7.53. The quantitative estimate of drug-likeness (QED) is 0.554. The molecule has 87 valence electrons. The average molecular weight is 267 g/mol. The summed E-state index contributed by atoms with van der Waals surface area (Å²) < 4.78 is 1.03. The Hall–Kier alpha value is 0.0934. The maximum atomic E-state index is 9.87. The van der Waals surface area contributed by atoms with E-state index in [1.807, 2.05) is 0 Å². The first-order valence-corrected chi connectivity index (χ1v) is 7.80. The van der Waals surface area contributed by atoms with Crippen LogP contribution in [0.5, 0.6) is 0 Å². The first kappa shape index (κ1) is 17.5. The van der Waals surface area contributed by atoms with Crippen molar-refractivity contribution in [1.29, 1.82) is 0 Å². The summed E-state index contributed by atoms with van der Waals surface area (Å²) in [5, 5.41) is 8.14. The molecule has 0 saturated heterocycles. The van der Waals surface area contributed by atoms with Gasteiger partial charge in [0.1, 0.15) is 0 Å². The van der Waals surface area contributed by atoms with Gasteiger partial charge in [0.2, 0.25) is 0 Å². The van der Waals surface area contributed by atoms with Crippen LogP contribution in [-0.2, 0) is 23.1 Å². The summed E-state index contributed by atoms with van der Waals surface area (Å²) >= 11 is 1.47. The van der Waals surface area contributed by atoms with E-state index in [0.29, 0.717) is 6.42 Å². The molecule has 0 heterocycles. The van der Waals surface area contributed by atoms with Gasteiger partial charge in [0, 0.05) is 6.42 Å². The zero-order valence-corrected chi connectivity index (χ0v) is 13.6. The Bertz CT molecular complexity index is 136. The van der Waals surface area contributed by atoms with E-state index < -0.39 is 5.97 Å². The molecule has 0 bridgehead atoms. The summed E-state index contributed by atoms with van der Waals surface area (Å²) in [6, 6.07) is 0. The predicted molar refractivity (Wildman–Crippen MR) is 60.7 cm³/mol. The molecule has 0 spiro atoms. The van der Waals surface area contributed by atoms with Gasteiger partial charge in [-0.05, 0) is 6.42 Å². The molecule has 0 aromatic heterocycles. The van der Waals surface area contributed by atoms with Crippen molar-refractivity contribution in [1.82, 2.24) is 0 Å². The van der Waals surface area contributed by atoms with Gasteiger partial charge in [0.25, 0.3) is 0 Å². The Morgan fingerprint density at radius 3 is 2.00 bits per heavy atom. The van der Waals surface area contributed by atoms with Crippen molar-refractivity contribution in [3.8, 4) is 0 Å². The van der Waals surface area contributed by atoms with Crippen molar-refractivity contribution in [2.24, 2.45) is 0 Å². The third-order valence-corrected chi connectivity index (χ3v) is 2.90. The number of carboxylic acid groups (broad SMARTS) is 1. The van der Waals surface area contributed by atoms with Crippen molar-refractivity contribution in [2.75, 3.05) is 0 Å². The van der Waals surface area contributed by atoms with Crippen LogP contribution < -0.4 is 0 Å². The molecular weight excluding hydrogens is 242 g/mol. The fraction of sp³-hybridized carbons (Fsp3) is 0.917. The van der Waals surface area contributed by atoms with Crippen LogP contribution in [0.4, 0.5) is 0 Å². The third-order valence-electron chi connectivity index (χ3n) is 2.04. The van der Waals surface area contributed by atoms with Crippen molar-refractivity contribution >= 4 is 5.97 Å². The molecule has 0 aliphatic rings. The van der Waals surface area contributed by atoms with Gasteiger partial charge in [-0.2, -0.15) is 0 Å². The second kappa shape index (κ2) is 14.1. The molecule has 0 aliphatic carbocycles. The van der Waals surface area contributed by atoms with Crippen molar-refractivity contribution < 1.29 is 28.2 Å². The molecule has 0 amide bonds. The molecule has 0 radical (unpaired) electrons. The molecular formula is C12H25O2Zn. The van der Waals surface area contributed by atoms with E-state index in [0.717, 1.165) is 23.8 Å². The number of unbranched alkanes of at least 4 members (excludes halogenated alkanes) is 3. The molecule has 0 fully saturated rings. The topological polar surface area (TPSA) is 37.3 Å². The fourth-order valence-electron chi connectivity index (χ4n) is 1.08. The first-order chi connectivity index (χ1) is 7.04. The van der Waals surface area contributed by atoms with Crippen LogP contribution in [0.3, 0.4) is 0 Å². The molecule has 1 atom stereocenters. The van der Waals surface area contributed by atoms with Crippen LogP contribution >= 0.6 is 0 Å². The van der Waals surface area contributed by atoms with Gasteiger partial charge in [-0.3, -0.25) is 4.79 Å². The van der Waals surface area contributed by atoms with Crippen molar-refractivity contribution in [2.45, 2.75) is 70.2 Å². The zero-order valence-electron chi connectivity index (χ0n) is 10.6. The van der Waals surface area contributed by atoms with Gasteiger partial charge >= 0.3 is 61.9 Å². The Balaban J connectivity index is 0. The summed E-state index contributed by atoms with van der Waals surface area (Å²) in [7, 11) is 0. The standard InChI is InChI=1S/C6H12O2.C6H13.Zn/c1-2-3-4-5-6(7)8;1-3-5-6-4-2;/h2-5H2,1H3,(H,7,8);3H,4-6H2,1-2H3;. The van der Waals surface area contributed by atoms with Crippen molar-refractivity contribution in [3.05, 3.63) is 0 Å². The van der Waals surface area contributed by atoms with Crippen LogP contribution in [0.2, 0.25) is 4.51 Å². The predicted octanol–water partition coefficient (Wildman–Crippen LogP) is 4.18. The van der Waals surface area contributed by atoms with Gasteiger partial charge in [-0.15, -0.1) is 0 Å². The van der Waals surface area contributed by atoms with Crippen LogP contribution in [-0.4, -0.2) is 11.1 Å². The second-order valence-electron chi connectivity index (χ2n) is 4.10. The van der Waals surface area contributed by atoms with E-state index in [4.69, 9.17) is 5.11 Å². The van der Waals surface area contributed by atoms with E-state index in [-0.39, 0.29) is 0 Å². The fourth-order valence-corrected chi connectivity index (χ4v) is 1.68. The third kappa shape index (κ3) is 24.9. The molecule has 15 heavy (non-hydrogen) atoms. The first-order valence-electron chi connectivity index (χ1n) is 6.09. The Morgan fingerprint density at radius 1 is 1.20 bits per heavy atom. The van der Waals surface area contributed by atoms with Gasteiger partial charge in [-0.1, -0.05) is 19.8 Å². The summed E-state index contributed by atoms with van der Waals surface area (Å²) in [4.78, 5) is 9.87. The summed E-state index contributed by atoms with van der Waals surface area (Å²) in [6.45, 7) is 6.64. The Kier molecular flexibility index (Phi) is 16.4. The second-order valence-corrected chi connectivity index (χ2v) is 7.02. The average Bonchev–Trinajstić information content (AvgIpc) is 2.15. The molecule has 0 aromatic rings. The SMILES string of the molecule is CCCCCC(=O)O.CCCC[CH](C)[Zn]. The van der Waals surface area contributed by atoms with E-state index in [1.165, 1.54) is 37.6 Å². The molecule has 0 aliphatic heterocycles. The van der Waals surface area contributed by atoms with E-state index in [9.17, 15) is 4.79 Å². The van der Waals surface area contributed by atoms with E-state index >= 15 is 0 Å². The molecule has 3 heteroatoms. The number of hydrogen-bond donors (Lipinski definition) is 1. The van der Waals surface area contributed by atoms with Crippen molar-refractivity contribution in [3.63, 3.8) is 0 Å². The molecule has 2 nitrogen and oxygen atoms in total. The van der Waals surface area contributed by atoms with Gasteiger partial charge in [0.05, 0.1) is 0 Å². The van der Waals surface area contributed by atoms with Gasteiger partial charge in [0.15, 0.2) is 0 Å². The maximum absolute atomic E-state index is 9.87. The Morgan fingerprint density at radius 2 is 1.73 bits per heavy atom. The van der Waals surface area contributed by atoms with E-state index in [1.54, 1.807) is 0 Å². The normalized spacial score (nSPS) is 11.5. The zero-order chi connectivity index (χ0) is 12.1. The van der Waals surface area contributed by atoms with Crippen LogP contribution in [0.15, 0.2) is 0 Å². The molecule has 0 saturated carbocycles. The summed E-state index contributed by atoms with van der Waals surface area (Å²) in [5.41, 5.74) is 0. The van der Waals surface area contributed by atoms with Gasteiger partial charge < -0.3 is 5.11 Å².